The summed E-state index contributed by atoms with van der Waals surface area (Å²) in [7, 11) is 5.81. The maximum Gasteiger partial charge on any atom is 0.200 e. The minimum absolute atomic E-state index is 0.0595. The van der Waals surface area contributed by atoms with Crippen LogP contribution in [0, 0.1) is 6.92 Å². The number of phenolic OH excluding ortho intramolecular Hbond substituents is 4. The number of hydrogen-bond acceptors (Lipinski definition) is 9. The number of rotatable bonds is 7. The third-order valence-electron chi connectivity index (χ3n) is 7.87. The summed E-state index contributed by atoms with van der Waals surface area (Å²) in [6.07, 6.45) is 0. The molecule has 0 saturated heterocycles. The second kappa shape index (κ2) is 10.6. The van der Waals surface area contributed by atoms with Crippen molar-refractivity contribution in [3.8, 4) is 51.7 Å². The van der Waals surface area contributed by atoms with E-state index in [1.54, 1.807) is 49.4 Å². The Balaban J connectivity index is 1.96. The zero-order valence-electron chi connectivity index (χ0n) is 23.4. The van der Waals surface area contributed by atoms with Gasteiger partial charge in [0.05, 0.1) is 33.9 Å². The summed E-state index contributed by atoms with van der Waals surface area (Å²) in [6, 6.07) is 17.2. The van der Waals surface area contributed by atoms with Crippen LogP contribution in [-0.2, 0) is 5.41 Å². The van der Waals surface area contributed by atoms with Crippen molar-refractivity contribution >= 4 is 0 Å². The molecule has 0 fully saturated rings. The van der Waals surface area contributed by atoms with E-state index in [9.17, 15) is 20.4 Å². The van der Waals surface area contributed by atoms with Crippen LogP contribution in [-0.4, -0.2) is 55.5 Å². The summed E-state index contributed by atoms with van der Waals surface area (Å²) < 4.78 is 28.7. The molecule has 1 aliphatic rings. The first kappa shape index (κ1) is 27.6. The summed E-state index contributed by atoms with van der Waals surface area (Å²) in [5.74, 6) is 0.696. The minimum Gasteiger partial charge on any atom is -0.508 e. The van der Waals surface area contributed by atoms with Gasteiger partial charge in [-0.1, -0.05) is 18.2 Å². The van der Waals surface area contributed by atoms with E-state index < -0.39 is 11.3 Å². The zero-order chi connectivity index (χ0) is 29.5. The molecular formula is C32H32O9. The van der Waals surface area contributed by atoms with Gasteiger partial charge in [0, 0.05) is 17.0 Å². The molecule has 4 N–H and O–H groups in total. The van der Waals surface area contributed by atoms with E-state index in [1.165, 1.54) is 28.4 Å². The second-order valence-electron chi connectivity index (χ2n) is 9.87. The van der Waals surface area contributed by atoms with Gasteiger partial charge < -0.3 is 44.1 Å². The predicted octanol–water partition coefficient (Wildman–Crippen LogP) is 5.36. The molecule has 0 spiro atoms. The van der Waals surface area contributed by atoms with E-state index in [0.717, 1.165) is 11.1 Å². The van der Waals surface area contributed by atoms with Gasteiger partial charge in [-0.05, 0) is 66.1 Å². The third kappa shape index (κ3) is 4.34. The highest BCUT2D eigenvalue weighted by Gasteiger charge is 2.50. The van der Waals surface area contributed by atoms with Crippen LogP contribution >= 0.6 is 0 Å². The first-order valence-corrected chi connectivity index (χ1v) is 12.8. The van der Waals surface area contributed by atoms with E-state index >= 15 is 0 Å². The summed E-state index contributed by atoms with van der Waals surface area (Å²) in [5, 5.41) is 42.3. The van der Waals surface area contributed by atoms with Crippen LogP contribution in [0.5, 0.6) is 51.7 Å². The van der Waals surface area contributed by atoms with E-state index in [0.29, 0.717) is 22.4 Å². The van der Waals surface area contributed by atoms with Gasteiger partial charge in [0.25, 0.3) is 0 Å². The van der Waals surface area contributed by atoms with Crippen molar-refractivity contribution in [3.05, 3.63) is 88.5 Å². The van der Waals surface area contributed by atoms with Gasteiger partial charge in [0.2, 0.25) is 11.5 Å². The molecule has 4 aromatic carbocycles. The van der Waals surface area contributed by atoms with Crippen molar-refractivity contribution in [2.24, 2.45) is 0 Å². The molecule has 9 nitrogen and oxygen atoms in total. The average Bonchev–Trinajstić information content (AvgIpc) is 2.99. The fourth-order valence-corrected chi connectivity index (χ4v) is 5.76. The standard InChI is InChI=1S/C32H32O9/c1-17-23(34)11-10-22-28(18-6-8-21(33)9-7-18)32(16-41-31(17)22,19-12-24(37-2)29(35)25(13-19)38-3)20-14-26(39-4)30(36)27(15-20)40-5/h6-15,28,33-36H,16H2,1-5H3. The van der Waals surface area contributed by atoms with Crippen molar-refractivity contribution in [3.63, 3.8) is 0 Å². The molecule has 1 atom stereocenters. The number of hydrogen-bond donors (Lipinski definition) is 4. The number of methoxy groups -OCH3 is 4. The number of benzene rings is 4. The summed E-state index contributed by atoms with van der Waals surface area (Å²) in [6.45, 7) is 1.85. The van der Waals surface area contributed by atoms with Crippen molar-refractivity contribution in [2.45, 2.75) is 18.3 Å². The van der Waals surface area contributed by atoms with Gasteiger partial charge in [0.1, 0.15) is 23.9 Å². The first-order valence-electron chi connectivity index (χ1n) is 12.8. The van der Waals surface area contributed by atoms with Crippen LogP contribution in [0.15, 0.2) is 60.7 Å². The Morgan fingerprint density at radius 1 is 0.683 bits per heavy atom. The molecule has 0 aliphatic carbocycles. The van der Waals surface area contributed by atoms with Crippen molar-refractivity contribution < 1.29 is 44.1 Å². The lowest BCUT2D eigenvalue weighted by atomic mass is 9.60. The molecule has 0 radical (unpaired) electrons. The SMILES string of the molecule is COc1cc(C2(c3cc(OC)c(O)c(OC)c3)COc3c(ccc(O)c3C)C2c2ccc(O)cc2)cc(OC)c1O. The predicted molar refractivity (Wildman–Crippen MR) is 151 cm³/mol. The molecule has 0 amide bonds. The smallest absolute Gasteiger partial charge is 0.200 e. The highest BCUT2D eigenvalue weighted by molar-refractivity contribution is 5.66. The topological polar surface area (TPSA) is 127 Å². The van der Waals surface area contributed by atoms with Crippen molar-refractivity contribution in [1.29, 1.82) is 0 Å². The van der Waals surface area contributed by atoms with Gasteiger partial charge in [-0.15, -0.1) is 0 Å². The van der Waals surface area contributed by atoms with E-state index in [4.69, 9.17) is 23.7 Å². The Morgan fingerprint density at radius 2 is 1.15 bits per heavy atom. The van der Waals surface area contributed by atoms with Gasteiger partial charge in [-0.3, -0.25) is 0 Å². The number of aromatic hydroxyl groups is 4. The lowest BCUT2D eigenvalue weighted by molar-refractivity contribution is 0.193. The van der Waals surface area contributed by atoms with Crippen LogP contribution in [0.1, 0.15) is 33.7 Å². The molecule has 0 aromatic heterocycles. The summed E-state index contributed by atoms with van der Waals surface area (Å²) in [5.41, 5.74) is 2.43. The minimum atomic E-state index is -1.07. The Kier molecular flexibility index (Phi) is 7.13. The summed E-state index contributed by atoms with van der Waals surface area (Å²) in [4.78, 5) is 0. The molecule has 5 rings (SSSR count). The average molecular weight is 561 g/mol. The molecule has 214 valence electrons. The molecule has 0 bridgehead atoms. The zero-order valence-corrected chi connectivity index (χ0v) is 23.4. The van der Waals surface area contributed by atoms with Crippen LogP contribution in [0.25, 0.3) is 0 Å². The molecule has 41 heavy (non-hydrogen) atoms. The Labute approximate surface area is 237 Å². The monoisotopic (exact) mass is 560 g/mol. The van der Waals surface area contributed by atoms with Crippen LogP contribution < -0.4 is 23.7 Å². The first-order chi connectivity index (χ1) is 19.7. The fraction of sp³-hybridized carbons (Fsp3) is 0.250. The van der Waals surface area contributed by atoms with E-state index in [1.807, 2.05) is 18.2 Å². The number of ether oxygens (including phenoxy) is 5. The number of phenols is 4. The van der Waals surface area contributed by atoms with Gasteiger partial charge >= 0.3 is 0 Å². The van der Waals surface area contributed by atoms with E-state index in [-0.39, 0.29) is 52.6 Å². The van der Waals surface area contributed by atoms with Gasteiger partial charge in [0.15, 0.2) is 23.0 Å². The van der Waals surface area contributed by atoms with Gasteiger partial charge in [-0.2, -0.15) is 0 Å². The van der Waals surface area contributed by atoms with Crippen molar-refractivity contribution in [1.82, 2.24) is 0 Å². The summed E-state index contributed by atoms with van der Waals surface area (Å²) >= 11 is 0. The molecule has 1 unspecified atom stereocenters. The number of fused-ring (bicyclic) bond motifs is 1. The second-order valence-corrected chi connectivity index (χ2v) is 9.87. The normalized spacial score (nSPS) is 15.4. The Morgan fingerprint density at radius 3 is 1.59 bits per heavy atom. The Hall–Kier alpha value is -4.92. The molecular weight excluding hydrogens is 528 g/mol. The molecule has 4 aromatic rings. The molecule has 0 saturated carbocycles. The van der Waals surface area contributed by atoms with Crippen molar-refractivity contribution in [2.75, 3.05) is 35.0 Å². The quantitative estimate of drug-likeness (QED) is 0.236. The Bertz CT molecular complexity index is 1480. The van der Waals surface area contributed by atoms with E-state index in [2.05, 4.69) is 0 Å². The van der Waals surface area contributed by atoms with Crippen LogP contribution in [0.4, 0.5) is 0 Å². The van der Waals surface area contributed by atoms with Crippen LogP contribution in [0.2, 0.25) is 0 Å². The lowest BCUT2D eigenvalue weighted by Gasteiger charge is -2.46. The molecule has 1 aliphatic heterocycles. The molecule has 1 heterocycles. The highest BCUT2D eigenvalue weighted by atomic mass is 16.5. The maximum atomic E-state index is 10.8. The van der Waals surface area contributed by atoms with Crippen LogP contribution in [0.3, 0.4) is 0 Å². The largest absolute Gasteiger partial charge is 0.508 e. The maximum absolute atomic E-state index is 10.8. The fourth-order valence-electron chi connectivity index (χ4n) is 5.76. The lowest BCUT2D eigenvalue weighted by Crippen LogP contribution is -2.44. The van der Waals surface area contributed by atoms with Gasteiger partial charge in [-0.25, -0.2) is 0 Å². The molecule has 9 heteroatoms. The third-order valence-corrected chi connectivity index (χ3v) is 7.87. The highest BCUT2D eigenvalue weighted by Crippen LogP contribution is 2.58.